The molecule has 0 aromatic heterocycles. The fraction of sp³-hybridized carbons (Fsp3) is 0.350. The smallest absolute Gasteiger partial charge is 0.352 e. The quantitative estimate of drug-likeness (QED) is 0.231. The molecule has 170 valence electrons. The van der Waals surface area contributed by atoms with Crippen LogP contribution in [0.4, 0.5) is 0 Å². The topological polar surface area (TPSA) is 144 Å². The van der Waals surface area contributed by atoms with E-state index < -0.39 is 35.2 Å². The van der Waals surface area contributed by atoms with Crippen LogP contribution in [0.25, 0.3) is 0 Å². The van der Waals surface area contributed by atoms with Crippen molar-refractivity contribution >= 4 is 41.7 Å². The third kappa shape index (κ3) is 5.02. The molecule has 2 heterocycles. The van der Waals surface area contributed by atoms with Gasteiger partial charge < -0.3 is 24.7 Å². The maximum Gasteiger partial charge on any atom is 0.352 e. The number of hydrogen-bond donors (Lipinski definition) is 2. The molecule has 0 unspecified atom stereocenters. The summed E-state index contributed by atoms with van der Waals surface area (Å²) in [5.74, 6) is -2.22. The number of fused-ring (bicyclic) bond motifs is 1. The highest BCUT2D eigenvalue weighted by atomic mass is 32.2. The summed E-state index contributed by atoms with van der Waals surface area (Å²) in [6.07, 6.45) is 0.902. The van der Waals surface area contributed by atoms with Crippen molar-refractivity contribution in [1.82, 2.24) is 10.2 Å². The number of aliphatic carboxylic acids is 1. The molecule has 1 aromatic rings. The van der Waals surface area contributed by atoms with Crippen molar-refractivity contribution in [3.8, 4) is 5.75 Å². The molecule has 0 saturated carbocycles. The highest BCUT2D eigenvalue weighted by molar-refractivity contribution is 8.00. The Morgan fingerprint density at radius 3 is 2.75 bits per heavy atom. The Morgan fingerprint density at radius 2 is 2.06 bits per heavy atom. The van der Waals surface area contributed by atoms with Crippen molar-refractivity contribution in [3.63, 3.8) is 0 Å². The molecule has 0 bridgehead atoms. The van der Waals surface area contributed by atoms with E-state index >= 15 is 0 Å². The molecule has 0 spiro atoms. The third-order valence-corrected chi connectivity index (χ3v) is 5.99. The summed E-state index contributed by atoms with van der Waals surface area (Å²) in [6.45, 7) is 1.08. The number of nitrogens with one attached hydrogen (secondary N) is 1. The first-order chi connectivity index (χ1) is 15.3. The Hall–Kier alpha value is -3.54. The van der Waals surface area contributed by atoms with Crippen LogP contribution in [0.1, 0.15) is 12.5 Å². The fourth-order valence-corrected chi connectivity index (χ4v) is 4.52. The van der Waals surface area contributed by atoms with Crippen LogP contribution >= 0.6 is 11.8 Å². The van der Waals surface area contributed by atoms with E-state index in [4.69, 9.17) is 14.3 Å². The van der Waals surface area contributed by atoms with Gasteiger partial charge >= 0.3 is 11.9 Å². The number of hydrogen-bond acceptors (Lipinski definition) is 9. The van der Waals surface area contributed by atoms with E-state index in [1.54, 1.807) is 12.1 Å². The zero-order valence-corrected chi connectivity index (χ0v) is 18.1. The lowest BCUT2D eigenvalue weighted by Crippen LogP contribution is -2.70. The van der Waals surface area contributed by atoms with Gasteiger partial charge in [-0.1, -0.05) is 23.4 Å². The summed E-state index contributed by atoms with van der Waals surface area (Å²) in [5.41, 5.74) is 0.839. The lowest BCUT2D eigenvalue weighted by Gasteiger charge is -2.49. The monoisotopic (exact) mass is 463 g/mol. The average Bonchev–Trinajstić information content (AvgIpc) is 2.78. The second-order valence-corrected chi connectivity index (χ2v) is 7.86. The number of benzene rings is 1. The van der Waals surface area contributed by atoms with Crippen molar-refractivity contribution in [2.75, 3.05) is 19.5 Å². The van der Waals surface area contributed by atoms with E-state index in [1.165, 1.54) is 25.8 Å². The molecular weight excluding hydrogens is 442 g/mol. The number of nitrogens with zero attached hydrogens (tertiary/aromatic N) is 2. The second-order valence-electron chi connectivity index (χ2n) is 6.75. The van der Waals surface area contributed by atoms with Gasteiger partial charge in [0.2, 0.25) is 0 Å². The van der Waals surface area contributed by atoms with E-state index in [9.17, 15) is 24.3 Å². The summed E-state index contributed by atoms with van der Waals surface area (Å²) >= 11 is 1.27. The van der Waals surface area contributed by atoms with Crippen molar-refractivity contribution in [2.45, 2.75) is 24.9 Å². The Labute approximate surface area is 187 Å². The van der Waals surface area contributed by atoms with Crippen molar-refractivity contribution < 1.29 is 38.6 Å². The minimum absolute atomic E-state index is 0.0836. The van der Waals surface area contributed by atoms with Gasteiger partial charge in [0.25, 0.3) is 11.8 Å². The third-order valence-electron chi connectivity index (χ3n) is 4.65. The number of rotatable bonds is 9. The second kappa shape index (κ2) is 10.2. The van der Waals surface area contributed by atoms with Crippen LogP contribution in [0.15, 0.2) is 40.7 Å². The molecule has 32 heavy (non-hydrogen) atoms. The number of carboxylic acid groups (broad SMARTS) is 1. The van der Waals surface area contributed by atoms with Crippen LogP contribution in [0, 0.1) is 0 Å². The molecule has 0 radical (unpaired) electrons. The number of methoxy groups -OCH3 is 1. The van der Waals surface area contributed by atoms with E-state index in [0.29, 0.717) is 11.3 Å². The van der Waals surface area contributed by atoms with Crippen LogP contribution in [-0.2, 0) is 35.4 Å². The zero-order chi connectivity index (χ0) is 23.3. The van der Waals surface area contributed by atoms with Crippen LogP contribution in [0.5, 0.6) is 5.75 Å². The molecule has 12 heteroatoms. The number of amides is 2. The highest BCUT2D eigenvalue weighted by Crippen LogP contribution is 2.40. The lowest BCUT2D eigenvalue weighted by atomic mass is 10.0. The number of thioether (sulfide) groups is 1. The Kier molecular flexibility index (Phi) is 7.36. The minimum Gasteiger partial charge on any atom is -0.496 e. The Bertz CT molecular complexity index is 993. The molecule has 2 N–H and O–H groups in total. The van der Waals surface area contributed by atoms with Crippen LogP contribution in [-0.4, -0.2) is 70.9 Å². The molecule has 2 aliphatic heterocycles. The molecule has 3 rings (SSSR count). The summed E-state index contributed by atoms with van der Waals surface area (Å²) in [5, 5.41) is 15.0. The first-order valence-corrected chi connectivity index (χ1v) is 10.5. The van der Waals surface area contributed by atoms with Gasteiger partial charge in [0, 0.05) is 23.8 Å². The Balaban J connectivity index is 1.56. The van der Waals surface area contributed by atoms with Crippen LogP contribution in [0.2, 0.25) is 0 Å². The molecule has 11 nitrogen and oxygen atoms in total. The van der Waals surface area contributed by atoms with Crippen molar-refractivity contribution in [3.05, 3.63) is 41.1 Å². The van der Waals surface area contributed by atoms with Gasteiger partial charge in [0.05, 0.1) is 7.11 Å². The van der Waals surface area contributed by atoms with E-state index in [-0.39, 0.29) is 24.7 Å². The van der Waals surface area contributed by atoms with E-state index in [1.807, 2.05) is 12.1 Å². The van der Waals surface area contributed by atoms with E-state index in [0.717, 1.165) is 16.7 Å². The molecule has 1 aromatic carbocycles. The lowest BCUT2D eigenvalue weighted by molar-refractivity contribution is -0.150. The molecule has 1 fully saturated rings. The van der Waals surface area contributed by atoms with Crippen molar-refractivity contribution in [1.29, 1.82) is 0 Å². The van der Waals surface area contributed by atoms with Gasteiger partial charge in [-0.25, -0.2) is 4.79 Å². The normalized spacial score (nSPS) is 19.8. The number of β-lactam (4-membered cyclic amide) rings is 1. The minimum atomic E-state index is -1.30. The van der Waals surface area contributed by atoms with Gasteiger partial charge in [-0.05, 0) is 6.07 Å². The number of ether oxygens (including phenoxy) is 2. The Morgan fingerprint density at radius 1 is 1.31 bits per heavy atom. The number of carboxylic acids is 1. The number of para-hydroxylation sites is 1. The van der Waals surface area contributed by atoms with Gasteiger partial charge in [0.1, 0.15) is 42.3 Å². The predicted molar refractivity (Wildman–Crippen MR) is 113 cm³/mol. The first kappa shape index (κ1) is 23.1. The summed E-state index contributed by atoms with van der Waals surface area (Å²) in [7, 11) is 1.53. The van der Waals surface area contributed by atoms with Crippen molar-refractivity contribution in [2.24, 2.45) is 5.16 Å². The number of carbonyl (C=O) groups excluding carboxylic acids is 3. The van der Waals surface area contributed by atoms with Gasteiger partial charge in [-0.2, -0.15) is 0 Å². The first-order valence-electron chi connectivity index (χ1n) is 9.44. The SMILES string of the molecule is COc1ccccc1CO/N=C/C(=O)N[C@@H]1C(=O)N2C(C(=O)O)=C(COC(C)=O)CS[C@H]12. The molecule has 2 atom stereocenters. The average molecular weight is 463 g/mol. The molecule has 2 aliphatic rings. The van der Waals surface area contributed by atoms with Gasteiger partial charge in [-0.15, -0.1) is 11.8 Å². The predicted octanol–water partition coefficient (Wildman–Crippen LogP) is 0.499. The molecule has 2 amide bonds. The van der Waals surface area contributed by atoms with Gasteiger partial charge in [0.15, 0.2) is 0 Å². The van der Waals surface area contributed by atoms with Gasteiger partial charge in [-0.3, -0.25) is 19.3 Å². The number of carbonyl (C=O) groups is 4. The number of esters is 1. The van der Waals surface area contributed by atoms with Crippen LogP contribution in [0.3, 0.4) is 0 Å². The fourth-order valence-electron chi connectivity index (χ4n) is 3.19. The maximum atomic E-state index is 12.5. The molecule has 0 aliphatic carbocycles. The standard InChI is InChI=1S/C20H21N3O8S/c1-11(24)30-8-13-10-32-19-16(18(26)23(19)17(13)20(27)28)22-15(25)7-21-31-9-12-5-3-4-6-14(12)29-2/h3-7,16,19H,8-10H2,1-2H3,(H,22,25)(H,27,28)/b21-7+/t16-,19-/m1/s1. The molecule has 1 saturated heterocycles. The number of oxime groups is 1. The summed E-state index contributed by atoms with van der Waals surface area (Å²) in [4.78, 5) is 53.5. The van der Waals surface area contributed by atoms with Crippen LogP contribution < -0.4 is 10.1 Å². The summed E-state index contributed by atoms with van der Waals surface area (Å²) in [6, 6.07) is 6.27. The summed E-state index contributed by atoms with van der Waals surface area (Å²) < 4.78 is 10.1. The molecular formula is C20H21N3O8S. The van der Waals surface area contributed by atoms with E-state index in [2.05, 4.69) is 10.5 Å². The zero-order valence-electron chi connectivity index (χ0n) is 17.3. The maximum absolute atomic E-state index is 12.5. The largest absolute Gasteiger partial charge is 0.496 e. The highest BCUT2D eigenvalue weighted by Gasteiger charge is 2.54.